The van der Waals surface area contributed by atoms with Crippen LogP contribution in [0.2, 0.25) is 0 Å². The molecule has 0 atom stereocenters. The monoisotopic (exact) mass is 337 g/mol. The maximum Gasteiger partial charge on any atom is 0.321 e. The van der Waals surface area contributed by atoms with Crippen molar-refractivity contribution < 1.29 is 9.53 Å². The van der Waals surface area contributed by atoms with Crippen molar-refractivity contribution in [2.45, 2.75) is 32.3 Å². The van der Waals surface area contributed by atoms with Crippen molar-refractivity contribution in [1.29, 1.82) is 0 Å². The molecule has 2 heterocycles. The summed E-state index contributed by atoms with van der Waals surface area (Å²) in [6, 6.07) is 13.5. The van der Waals surface area contributed by atoms with Crippen molar-refractivity contribution in [2.24, 2.45) is 5.41 Å². The van der Waals surface area contributed by atoms with Crippen molar-refractivity contribution in [1.82, 2.24) is 9.88 Å². The third kappa shape index (κ3) is 3.92. The first kappa shape index (κ1) is 15.9. The number of anilines is 1. The van der Waals surface area contributed by atoms with Crippen LogP contribution in [0.1, 0.15) is 31.2 Å². The van der Waals surface area contributed by atoms with E-state index >= 15 is 0 Å². The Hall–Kier alpha value is -2.56. The lowest BCUT2D eigenvalue weighted by atomic mass is 9.95. The van der Waals surface area contributed by atoms with Crippen molar-refractivity contribution in [3.05, 3.63) is 54.2 Å². The maximum atomic E-state index is 12.5. The summed E-state index contributed by atoms with van der Waals surface area (Å²) in [6.07, 6.45) is 6.57. The molecule has 5 heteroatoms. The van der Waals surface area contributed by atoms with E-state index in [-0.39, 0.29) is 6.03 Å². The number of carbonyl (C=O) groups excluding carboxylic acids is 1. The Labute approximate surface area is 148 Å². The van der Waals surface area contributed by atoms with E-state index in [1.807, 2.05) is 35.2 Å². The number of pyridine rings is 1. The highest BCUT2D eigenvalue weighted by Crippen LogP contribution is 2.52. The summed E-state index contributed by atoms with van der Waals surface area (Å²) in [4.78, 5) is 18.7. The predicted molar refractivity (Wildman–Crippen MR) is 96.5 cm³/mol. The smallest absolute Gasteiger partial charge is 0.321 e. The van der Waals surface area contributed by atoms with Crippen LogP contribution >= 0.6 is 0 Å². The molecule has 1 aliphatic carbocycles. The van der Waals surface area contributed by atoms with Gasteiger partial charge in [0, 0.05) is 31.0 Å². The minimum Gasteiger partial charge on any atom is -0.473 e. The molecule has 1 saturated carbocycles. The molecule has 25 heavy (non-hydrogen) atoms. The van der Waals surface area contributed by atoms with E-state index in [1.165, 1.54) is 19.3 Å². The molecule has 2 fully saturated rings. The van der Waals surface area contributed by atoms with Crippen LogP contribution in [0, 0.1) is 5.41 Å². The topological polar surface area (TPSA) is 54.5 Å². The summed E-state index contributed by atoms with van der Waals surface area (Å²) in [6.45, 7) is 2.19. The van der Waals surface area contributed by atoms with Gasteiger partial charge in [0.15, 0.2) is 0 Å². The number of aromatic nitrogens is 1. The minimum absolute atomic E-state index is 0.0221. The molecule has 2 aliphatic rings. The molecule has 1 spiro atoms. The van der Waals surface area contributed by atoms with Crippen molar-refractivity contribution in [2.75, 3.05) is 18.4 Å². The average molecular weight is 337 g/mol. The Kier molecular flexibility index (Phi) is 4.30. The minimum atomic E-state index is -0.0221. The van der Waals surface area contributed by atoms with Gasteiger partial charge >= 0.3 is 6.03 Å². The quantitative estimate of drug-likeness (QED) is 0.915. The first-order valence-electron chi connectivity index (χ1n) is 8.91. The number of carbonyl (C=O) groups is 1. The van der Waals surface area contributed by atoms with Crippen LogP contribution in [-0.4, -0.2) is 29.0 Å². The number of urea groups is 1. The SMILES string of the molecule is O=C(Nc1ccnc(OCc2ccccc2)c1)N1CCCC2(CC2)C1. The van der Waals surface area contributed by atoms with E-state index in [0.717, 1.165) is 30.8 Å². The Morgan fingerprint density at radius 2 is 2.04 bits per heavy atom. The Morgan fingerprint density at radius 3 is 2.84 bits per heavy atom. The van der Waals surface area contributed by atoms with Gasteiger partial charge in [-0.1, -0.05) is 30.3 Å². The van der Waals surface area contributed by atoms with Crippen molar-refractivity contribution in [3.63, 3.8) is 0 Å². The molecule has 0 unspecified atom stereocenters. The maximum absolute atomic E-state index is 12.5. The van der Waals surface area contributed by atoms with E-state index in [0.29, 0.717) is 17.9 Å². The number of rotatable bonds is 4. The fourth-order valence-electron chi connectivity index (χ4n) is 3.47. The third-order valence-electron chi connectivity index (χ3n) is 5.12. The second kappa shape index (κ2) is 6.75. The highest BCUT2D eigenvalue weighted by atomic mass is 16.5. The predicted octanol–water partition coefficient (Wildman–Crippen LogP) is 4.07. The Bertz CT molecular complexity index is 744. The molecule has 4 rings (SSSR count). The first-order valence-corrected chi connectivity index (χ1v) is 8.91. The average Bonchev–Trinajstić information content (AvgIpc) is 3.39. The number of ether oxygens (including phenoxy) is 1. The number of likely N-dealkylation sites (tertiary alicyclic amines) is 1. The van der Waals surface area contributed by atoms with Gasteiger partial charge in [0.1, 0.15) is 6.61 Å². The van der Waals surface area contributed by atoms with Gasteiger partial charge < -0.3 is 15.0 Å². The Balaban J connectivity index is 1.35. The van der Waals surface area contributed by atoms with Crippen LogP contribution in [0.15, 0.2) is 48.7 Å². The molecule has 1 saturated heterocycles. The number of amides is 2. The summed E-state index contributed by atoms with van der Waals surface area (Å²) in [7, 11) is 0. The van der Waals surface area contributed by atoms with E-state index in [4.69, 9.17) is 4.74 Å². The lowest BCUT2D eigenvalue weighted by Crippen LogP contribution is -2.43. The molecule has 1 aromatic heterocycles. The van der Waals surface area contributed by atoms with Gasteiger partial charge in [0.25, 0.3) is 0 Å². The molecule has 0 radical (unpaired) electrons. The number of hydrogen-bond acceptors (Lipinski definition) is 3. The van der Waals surface area contributed by atoms with E-state index < -0.39 is 0 Å². The lowest BCUT2D eigenvalue weighted by molar-refractivity contribution is 0.170. The molecule has 2 aromatic rings. The molecule has 1 N–H and O–H groups in total. The summed E-state index contributed by atoms with van der Waals surface area (Å²) in [5, 5.41) is 2.98. The number of benzene rings is 1. The van der Waals surface area contributed by atoms with Crippen LogP contribution in [0.3, 0.4) is 0 Å². The summed E-state index contributed by atoms with van der Waals surface area (Å²) >= 11 is 0. The zero-order valence-electron chi connectivity index (χ0n) is 14.3. The van der Waals surface area contributed by atoms with Gasteiger partial charge in [0.2, 0.25) is 5.88 Å². The van der Waals surface area contributed by atoms with Gasteiger partial charge in [-0.05, 0) is 42.7 Å². The van der Waals surface area contributed by atoms with Crippen LogP contribution in [0.25, 0.3) is 0 Å². The summed E-state index contributed by atoms with van der Waals surface area (Å²) < 4.78 is 5.73. The third-order valence-corrected chi connectivity index (χ3v) is 5.12. The Morgan fingerprint density at radius 1 is 1.20 bits per heavy atom. The van der Waals surface area contributed by atoms with Crippen LogP contribution < -0.4 is 10.1 Å². The summed E-state index contributed by atoms with van der Waals surface area (Å²) in [5.41, 5.74) is 2.23. The van der Waals surface area contributed by atoms with Crippen molar-refractivity contribution >= 4 is 11.7 Å². The molecule has 130 valence electrons. The number of nitrogens with one attached hydrogen (secondary N) is 1. The zero-order valence-corrected chi connectivity index (χ0v) is 14.3. The highest BCUT2D eigenvalue weighted by molar-refractivity contribution is 5.89. The van der Waals surface area contributed by atoms with Crippen LogP contribution in [0.5, 0.6) is 5.88 Å². The zero-order chi connectivity index (χ0) is 17.1. The molecule has 1 aromatic carbocycles. The second-order valence-corrected chi connectivity index (χ2v) is 7.11. The largest absolute Gasteiger partial charge is 0.473 e. The normalized spacial score (nSPS) is 18.0. The standard InChI is InChI=1S/C20H23N3O2/c24-19(23-12-4-8-20(15-23)9-10-20)22-17-7-11-21-18(13-17)25-14-16-5-2-1-3-6-16/h1-3,5-7,11,13H,4,8-10,12,14-15H2,(H,21,22,24). The van der Waals surface area contributed by atoms with Gasteiger partial charge in [0.05, 0.1) is 0 Å². The highest BCUT2D eigenvalue weighted by Gasteiger charge is 2.46. The van der Waals surface area contributed by atoms with Crippen LogP contribution in [-0.2, 0) is 6.61 Å². The number of hydrogen-bond donors (Lipinski definition) is 1. The molecule has 1 aliphatic heterocycles. The molecule has 0 bridgehead atoms. The van der Waals surface area contributed by atoms with Crippen molar-refractivity contribution in [3.8, 4) is 5.88 Å². The van der Waals surface area contributed by atoms with E-state index in [9.17, 15) is 4.79 Å². The molecular weight excluding hydrogens is 314 g/mol. The van der Waals surface area contributed by atoms with Gasteiger partial charge in [-0.3, -0.25) is 0 Å². The number of piperidine rings is 1. The van der Waals surface area contributed by atoms with Gasteiger partial charge in [-0.2, -0.15) is 0 Å². The van der Waals surface area contributed by atoms with Crippen LogP contribution in [0.4, 0.5) is 10.5 Å². The van der Waals surface area contributed by atoms with E-state index in [1.54, 1.807) is 18.3 Å². The fraction of sp³-hybridized carbons (Fsp3) is 0.400. The second-order valence-electron chi connectivity index (χ2n) is 7.11. The molecule has 2 amide bonds. The van der Waals surface area contributed by atoms with Gasteiger partial charge in [-0.15, -0.1) is 0 Å². The van der Waals surface area contributed by atoms with E-state index in [2.05, 4.69) is 10.3 Å². The first-order chi connectivity index (χ1) is 12.2. The summed E-state index contributed by atoms with van der Waals surface area (Å²) in [5.74, 6) is 0.513. The number of nitrogens with zero attached hydrogens (tertiary/aromatic N) is 2. The lowest BCUT2D eigenvalue weighted by Gasteiger charge is -2.32. The van der Waals surface area contributed by atoms with Gasteiger partial charge in [-0.25, -0.2) is 9.78 Å². The fourth-order valence-corrected chi connectivity index (χ4v) is 3.47. The molecule has 5 nitrogen and oxygen atoms in total. The molecular formula is C20H23N3O2.